The Kier molecular flexibility index (Phi) is 4.66. The lowest BCUT2D eigenvalue weighted by Crippen LogP contribution is -2.57. The molecule has 5 fully saturated rings. The Morgan fingerprint density at radius 1 is 0.935 bits per heavy atom. The molecule has 1 amide bonds. The zero-order chi connectivity index (χ0) is 21.1. The minimum atomic E-state index is -0.471. The first kappa shape index (κ1) is 19.8. The maximum absolute atomic E-state index is 13.3. The van der Waals surface area contributed by atoms with Gasteiger partial charge < -0.3 is 10.0 Å². The second-order valence-corrected chi connectivity index (χ2v) is 11.2. The molecular formula is C27H34N2O2. The predicted octanol–water partition coefficient (Wildman–Crippen LogP) is 4.21. The number of benzene rings is 2. The number of hydrogen-bond donors (Lipinski definition) is 1. The highest BCUT2D eigenvalue weighted by Crippen LogP contribution is 2.62. The van der Waals surface area contributed by atoms with Crippen molar-refractivity contribution in [2.24, 2.45) is 17.3 Å². The van der Waals surface area contributed by atoms with Crippen LogP contribution in [0.15, 0.2) is 42.5 Å². The quantitative estimate of drug-likeness (QED) is 0.809. The zero-order valence-corrected chi connectivity index (χ0v) is 18.4. The number of piperazine rings is 1. The molecule has 4 bridgehead atoms. The normalized spacial score (nSPS) is 35.1. The molecule has 4 saturated carbocycles. The van der Waals surface area contributed by atoms with Crippen LogP contribution in [0.2, 0.25) is 0 Å². The minimum absolute atomic E-state index is 0.0794. The number of fused-ring (bicyclic) bond motifs is 1. The van der Waals surface area contributed by atoms with Gasteiger partial charge in [-0.2, -0.15) is 0 Å². The highest BCUT2D eigenvalue weighted by molar-refractivity contribution is 5.85. The van der Waals surface area contributed by atoms with Gasteiger partial charge in [0, 0.05) is 39.1 Å². The van der Waals surface area contributed by atoms with Crippen LogP contribution in [0.5, 0.6) is 0 Å². The smallest absolute Gasteiger partial charge is 0.223 e. The van der Waals surface area contributed by atoms with Crippen LogP contribution in [-0.4, -0.2) is 52.6 Å². The summed E-state index contributed by atoms with van der Waals surface area (Å²) in [5, 5.41) is 13.6. The molecule has 7 rings (SSSR count). The van der Waals surface area contributed by atoms with Gasteiger partial charge in [-0.15, -0.1) is 0 Å². The second-order valence-electron chi connectivity index (χ2n) is 11.2. The van der Waals surface area contributed by atoms with E-state index >= 15 is 0 Å². The summed E-state index contributed by atoms with van der Waals surface area (Å²) in [5.74, 6) is 1.63. The number of nitrogens with zero attached hydrogens (tertiary/aromatic N) is 2. The third-order valence-corrected chi connectivity index (χ3v) is 8.68. The first-order valence-electron chi connectivity index (χ1n) is 12.2. The Morgan fingerprint density at radius 2 is 1.65 bits per heavy atom. The summed E-state index contributed by atoms with van der Waals surface area (Å²) < 4.78 is 0. The first-order chi connectivity index (χ1) is 15.0. The van der Waals surface area contributed by atoms with Crippen molar-refractivity contribution in [3.8, 4) is 0 Å². The summed E-state index contributed by atoms with van der Waals surface area (Å²) in [7, 11) is 0. The molecule has 1 aliphatic heterocycles. The molecule has 1 saturated heterocycles. The number of carbonyl (C=O) groups is 1. The van der Waals surface area contributed by atoms with Crippen molar-refractivity contribution in [1.29, 1.82) is 0 Å². The van der Waals surface area contributed by atoms with Crippen LogP contribution in [0.25, 0.3) is 10.8 Å². The average molecular weight is 419 g/mol. The first-order valence-corrected chi connectivity index (χ1v) is 12.2. The Balaban J connectivity index is 1.08. The van der Waals surface area contributed by atoms with Gasteiger partial charge in [-0.25, -0.2) is 0 Å². The van der Waals surface area contributed by atoms with Crippen LogP contribution < -0.4 is 0 Å². The standard InChI is InChI=1S/C27H34N2O2/c30-25(17-26-13-20-12-21(14-26)16-27(31,15-20)19-26)29-10-8-28(9-11-29)18-23-6-3-5-22-4-1-2-7-24(22)23/h1-7,20-21,31H,8-19H2/t20-,21+,26?,27?. The monoisotopic (exact) mass is 418 g/mol. The summed E-state index contributed by atoms with van der Waals surface area (Å²) >= 11 is 0. The molecule has 0 radical (unpaired) electrons. The summed E-state index contributed by atoms with van der Waals surface area (Å²) in [6.07, 6.45) is 7.09. The van der Waals surface area contributed by atoms with Gasteiger partial charge in [0.05, 0.1) is 5.60 Å². The van der Waals surface area contributed by atoms with Crippen molar-refractivity contribution < 1.29 is 9.90 Å². The fourth-order valence-electron chi connectivity index (χ4n) is 7.87. The Labute approximate surface area is 185 Å². The number of carbonyl (C=O) groups excluding carboxylic acids is 1. The molecule has 0 spiro atoms. The highest BCUT2D eigenvalue weighted by atomic mass is 16.3. The van der Waals surface area contributed by atoms with E-state index in [0.717, 1.165) is 52.0 Å². The van der Waals surface area contributed by atoms with Gasteiger partial charge in [0.1, 0.15) is 0 Å². The SMILES string of the molecule is O=C(CC12C[C@@H]3C[C@@H](CC(O)(C3)C1)C2)N1CCN(Cc2cccc3ccccc23)CC1. The Bertz CT molecular complexity index is 974. The molecule has 4 heteroatoms. The number of hydrogen-bond acceptors (Lipinski definition) is 3. The summed E-state index contributed by atoms with van der Waals surface area (Å²) in [6, 6.07) is 15.2. The Hall–Kier alpha value is -1.91. The third kappa shape index (κ3) is 3.68. The topological polar surface area (TPSA) is 43.8 Å². The maximum Gasteiger partial charge on any atom is 0.223 e. The van der Waals surface area contributed by atoms with Crippen molar-refractivity contribution in [2.75, 3.05) is 26.2 Å². The van der Waals surface area contributed by atoms with E-state index in [1.165, 1.54) is 35.6 Å². The summed E-state index contributed by atoms with van der Waals surface area (Å²) in [4.78, 5) is 17.8. The number of amides is 1. The molecule has 2 aromatic carbocycles. The van der Waals surface area contributed by atoms with E-state index in [4.69, 9.17) is 0 Å². The molecule has 1 N–H and O–H groups in total. The largest absolute Gasteiger partial charge is 0.390 e. The van der Waals surface area contributed by atoms with Crippen LogP contribution in [0.1, 0.15) is 50.5 Å². The molecule has 164 valence electrons. The molecule has 4 nitrogen and oxygen atoms in total. The van der Waals surface area contributed by atoms with Gasteiger partial charge in [-0.1, -0.05) is 42.5 Å². The van der Waals surface area contributed by atoms with Crippen molar-refractivity contribution in [1.82, 2.24) is 9.80 Å². The van der Waals surface area contributed by atoms with Gasteiger partial charge in [-0.3, -0.25) is 9.69 Å². The molecule has 4 aliphatic carbocycles. The highest BCUT2D eigenvalue weighted by Gasteiger charge is 2.57. The fourth-order valence-corrected chi connectivity index (χ4v) is 7.87. The average Bonchev–Trinajstić information content (AvgIpc) is 2.72. The fraction of sp³-hybridized carbons (Fsp3) is 0.593. The molecule has 2 aromatic rings. The number of aliphatic hydroxyl groups is 1. The van der Waals surface area contributed by atoms with Crippen molar-refractivity contribution in [3.63, 3.8) is 0 Å². The molecule has 0 aromatic heterocycles. The van der Waals surface area contributed by atoms with E-state index in [2.05, 4.69) is 52.3 Å². The van der Waals surface area contributed by atoms with Gasteiger partial charge in [-0.05, 0) is 72.1 Å². The van der Waals surface area contributed by atoms with Crippen molar-refractivity contribution in [2.45, 2.75) is 57.1 Å². The van der Waals surface area contributed by atoms with Gasteiger partial charge in [0.25, 0.3) is 0 Å². The minimum Gasteiger partial charge on any atom is -0.390 e. The van der Waals surface area contributed by atoms with Gasteiger partial charge in [0.15, 0.2) is 0 Å². The van der Waals surface area contributed by atoms with Crippen LogP contribution in [0.4, 0.5) is 0 Å². The van der Waals surface area contributed by atoms with E-state index in [9.17, 15) is 9.90 Å². The van der Waals surface area contributed by atoms with E-state index in [1.54, 1.807) is 0 Å². The van der Waals surface area contributed by atoms with E-state index in [0.29, 0.717) is 24.2 Å². The van der Waals surface area contributed by atoms with Crippen molar-refractivity contribution in [3.05, 3.63) is 48.0 Å². The molecule has 4 atom stereocenters. The Morgan fingerprint density at radius 3 is 2.39 bits per heavy atom. The lowest BCUT2D eigenvalue weighted by molar-refractivity contribution is -0.172. The lowest BCUT2D eigenvalue weighted by atomic mass is 9.47. The van der Waals surface area contributed by atoms with Gasteiger partial charge >= 0.3 is 0 Å². The zero-order valence-electron chi connectivity index (χ0n) is 18.4. The van der Waals surface area contributed by atoms with Gasteiger partial charge in [0.2, 0.25) is 5.91 Å². The molecule has 5 aliphatic rings. The van der Waals surface area contributed by atoms with E-state index in [-0.39, 0.29) is 5.41 Å². The number of rotatable bonds is 4. The summed E-state index contributed by atoms with van der Waals surface area (Å²) in [5.41, 5.74) is 0.983. The predicted molar refractivity (Wildman–Crippen MR) is 122 cm³/mol. The van der Waals surface area contributed by atoms with E-state index in [1.807, 2.05) is 0 Å². The molecule has 1 heterocycles. The third-order valence-electron chi connectivity index (χ3n) is 8.68. The molecule has 31 heavy (non-hydrogen) atoms. The van der Waals surface area contributed by atoms with Crippen molar-refractivity contribution >= 4 is 16.7 Å². The summed E-state index contributed by atoms with van der Waals surface area (Å²) in [6.45, 7) is 4.49. The van der Waals surface area contributed by atoms with Crippen LogP contribution in [0.3, 0.4) is 0 Å². The second kappa shape index (κ2) is 7.31. The molecular weight excluding hydrogens is 384 g/mol. The van der Waals surface area contributed by atoms with Crippen LogP contribution in [-0.2, 0) is 11.3 Å². The van der Waals surface area contributed by atoms with Crippen LogP contribution in [0, 0.1) is 17.3 Å². The maximum atomic E-state index is 13.3. The molecule has 2 unspecified atom stereocenters. The van der Waals surface area contributed by atoms with E-state index < -0.39 is 5.60 Å². The van der Waals surface area contributed by atoms with Crippen LogP contribution >= 0.6 is 0 Å². The lowest BCUT2D eigenvalue weighted by Gasteiger charge is -2.60.